The Morgan fingerprint density at radius 3 is 1.48 bits per heavy atom. The Balaban J connectivity index is 0.00000249. The molecule has 0 unspecified atom stereocenters. The number of allylic oxidation sites excluding steroid dienone is 1. The standard InChI is InChI=1S/C32H50F3O5PS.C3H5.Pd/c1-19(2)22-17-23(20(3)4)27(24(18-22)21(5)6)28-25(38-13)15-16-26(39-14)29(28)41(30(7,8)9,31(10,11)12)40-42(36,37)32(33,34)35;1-3-2;/h15-21,41H,1-14H3;3H,1-2H2;. The van der Waals surface area contributed by atoms with Crippen LogP contribution in [0.1, 0.15) is 118 Å². The first-order chi connectivity index (χ1) is 20.8. The molecule has 0 bridgehead atoms. The number of benzene rings is 2. The quantitative estimate of drug-likeness (QED) is 0.104. The van der Waals surface area contributed by atoms with Crippen LogP contribution < -0.4 is 14.8 Å². The monoisotopic (exact) mass is 781 g/mol. The molecule has 267 valence electrons. The van der Waals surface area contributed by atoms with Crippen LogP contribution in [0.2, 0.25) is 4.89 Å². The van der Waals surface area contributed by atoms with Gasteiger partial charge in [0.15, 0.2) is 0 Å². The van der Waals surface area contributed by atoms with Gasteiger partial charge in [0, 0.05) is 0 Å². The van der Waals surface area contributed by atoms with Gasteiger partial charge >= 0.3 is 289 Å². The molecule has 2 aromatic carbocycles. The Morgan fingerprint density at radius 1 is 0.804 bits per heavy atom. The Labute approximate surface area is 288 Å². The van der Waals surface area contributed by atoms with Gasteiger partial charge in [-0.3, -0.25) is 0 Å². The zero-order valence-electron chi connectivity index (χ0n) is 29.9. The van der Waals surface area contributed by atoms with E-state index in [0.717, 1.165) is 27.1 Å². The molecule has 0 heterocycles. The molecule has 0 spiro atoms. The average molecular weight is 782 g/mol. The molecular weight excluding hydrogens is 727 g/mol. The summed E-state index contributed by atoms with van der Waals surface area (Å²) < 4.78 is 86.0. The topological polar surface area (TPSA) is 61.8 Å². The molecule has 0 atom stereocenters. The fraction of sp³-hybridized carbons (Fsp3) is 0.600. The summed E-state index contributed by atoms with van der Waals surface area (Å²) in [5.74, 6) is 0.959. The maximum absolute atomic E-state index is 14.1. The van der Waals surface area contributed by atoms with Crippen LogP contribution >= 0.6 is 7.49 Å². The van der Waals surface area contributed by atoms with Crippen LogP contribution in [0, 0.1) is 0 Å². The Hall–Kier alpha value is -1.43. The molecule has 0 aliphatic carbocycles. The van der Waals surface area contributed by atoms with Crippen LogP contribution in [0.3, 0.4) is 0 Å². The summed E-state index contributed by atoms with van der Waals surface area (Å²) in [5, 5.41) is -1.80. The van der Waals surface area contributed by atoms with Crippen molar-refractivity contribution in [3.63, 3.8) is 0 Å². The second-order valence-corrected chi connectivity index (χ2v) is 21.9. The van der Waals surface area contributed by atoms with Crippen LogP contribution in [0.4, 0.5) is 13.2 Å². The van der Waals surface area contributed by atoms with Gasteiger partial charge in [-0.1, -0.05) is 0 Å². The van der Waals surface area contributed by atoms with Crippen LogP contribution in [-0.2, 0) is 33.3 Å². The van der Waals surface area contributed by atoms with Gasteiger partial charge in [-0.2, -0.15) is 0 Å². The molecular formula is C35H55F3O5PPdS. The number of rotatable bonds is 10. The number of ether oxygens (including phenoxy) is 2. The van der Waals surface area contributed by atoms with Crippen LogP contribution in [-0.4, -0.2) is 38.5 Å². The summed E-state index contributed by atoms with van der Waals surface area (Å²) in [6.07, 6.45) is 1.81. The maximum atomic E-state index is 14.1. The summed E-state index contributed by atoms with van der Waals surface area (Å²) in [6.45, 7) is 26.4. The number of alkyl halides is 3. The van der Waals surface area contributed by atoms with Gasteiger partial charge in [-0.15, -0.1) is 0 Å². The summed E-state index contributed by atoms with van der Waals surface area (Å²) in [6, 6.07) is 7.64. The van der Waals surface area contributed by atoms with Gasteiger partial charge in [-0.05, 0) is 0 Å². The molecule has 46 heavy (non-hydrogen) atoms. The molecule has 2 aromatic rings. The van der Waals surface area contributed by atoms with E-state index in [-0.39, 0.29) is 23.5 Å². The molecule has 5 nitrogen and oxygen atoms in total. The molecule has 0 aliphatic rings. The van der Waals surface area contributed by atoms with Gasteiger partial charge in [0.2, 0.25) is 0 Å². The van der Waals surface area contributed by atoms with Crippen molar-refractivity contribution in [1.82, 2.24) is 0 Å². The van der Waals surface area contributed by atoms with Crippen LogP contribution in [0.5, 0.6) is 11.5 Å². The predicted molar refractivity (Wildman–Crippen MR) is 186 cm³/mol. The fourth-order valence-electron chi connectivity index (χ4n) is 6.13. The van der Waals surface area contributed by atoms with E-state index < -0.39 is 33.4 Å². The average Bonchev–Trinajstić information content (AvgIpc) is 2.92. The van der Waals surface area contributed by atoms with E-state index in [4.69, 9.17) is 13.4 Å². The van der Waals surface area contributed by atoms with Crippen molar-refractivity contribution in [1.29, 1.82) is 0 Å². The zero-order chi connectivity index (χ0) is 36.2. The van der Waals surface area contributed by atoms with E-state index in [1.54, 1.807) is 53.7 Å². The van der Waals surface area contributed by atoms with Crippen molar-refractivity contribution in [3.05, 3.63) is 53.6 Å². The van der Waals surface area contributed by atoms with Crippen molar-refractivity contribution < 1.29 is 54.2 Å². The molecule has 11 heteroatoms. The predicted octanol–water partition coefficient (Wildman–Crippen LogP) is 10.6. The summed E-state index contributed by atoms with van der Waals surface area (Å²) in [5.41, 5.74) is -1.16. The third-order valence-corrected chi connectivity index (χ3v) is 16.3. The zero-order valence-corrected chi connectivity index (χ0v) is 33.3. The second kappa shape index (κ2) is 15.9. The molecule has 2 rings (SSSR count). The van der Waals surface area contributed by atoms with Crippen molar-refractivity contribution >= 4 is 22.9 Å². The molecule has 0 aliphatic heterocycles. The van der Waals surface area contributed by atoms with Gasteiger partial charge in [0.25, 0.3) is 0 Å². The number of hydrogen-bond acceptors (Lipinski definition) is 5. The summed E-state index contributed by atoms with van der Waals surface area (Å²) >= 11 is 2.92. The Bertz CT molecular complexity index is 1410. The number of methoxy groups -OCH3 is 2. The van der Waals surface area contributed by atoms with Crippen molar-refractivity contribution in [3.8, 4) is 22.6 Å². The fourth-order valence-corrected chi connectivity index (χ4v) is 15.0. The second-order valence-electron chi connectivity index (χ2n) is 14.3. The molecule has 0 amide bonds. The first-order valence-corrected chi connectivity index (χ1v) is 19.8. The summed E-state index contributed by atoms with van der Waals surface area (Å²) in [7, 11) is -7.40. The van der Waals surface area contributed by atoms with E-state index in [1.807, 2.05) is 6.08 Å². The van der Waals surface area contributed by atoms with Gasteiger partial charge < -0.3 is 0 Å². The van der Waals surface area contributed by atoms with Gasteiger partial charge in [-0.25, -0.2) is 0 Å². The van der Waals surface area contributed by atoms with Gasteiger partial charge in [0.05, 0.1) is 0 Å². The summed E-state index contributed by atoms with van der Waals surface area (Å²) in [4.78, 5) is 0.933. The van der Waals surface area contributed by atoms with E-state index in [0.29, 0.717) is 16.6 Å². The van der Waals surface area contributed by atoms with Gasteiger partial charge in [0.1, 0.15) is 0 Å². The Morgan fingerprint density at radius 2 is 1.20 bits per heavy atom. The SMILES string of the molecule is C=C[CH2][Pd].COc1ccc(OC)c([PH](OS(=O)(=O)C(F)(F)F)(C(C)(C)C)C(C)(C)C)c1-c1c(C(C)C)cc(C(C)C)cc1C(C)C. The first kappa shape index (κ1) is 42.6. The molecule has 0 saturated carbocycles. The number of hydrogen-bond donors (Lipinski definition) is 0. The van der Waals surface area contributed by atoms with E-state index in [9.17, 15) is 21.6 Å². The molecule has 0 aromatic heterocycles. The van der Waals surface area contributed by atoms with E-state index in [2.05, 4.69) is 79.5 Å². The van der Waals surface area contributed by atoms with Crippen LogP contribution in [0.25, 0.3) is 11.1 Å². The van der Waals surface area contributed by atoms with E-state index in [1.165, 1.54) is 14.2 Å². The first-order valence-electron chi connectivity index (χ1n) is 15.4. The van der Waals surface area contributed by atoms with E-state index >= 15 is 0 Å². The third kappa shape index (κ3) is 8.77. The normalized spacial score (nSPS) is 13.5. The minimum absolute atomic E-state index is 0.0279. The van der Waals surface area contributed by atoms with Crippen molar-refractivity contribution in [2.75, 3.05) is 14.2 Å². The molecule has 0 radical (unpaired) electrons. The van der Waals surface area contributed by atoms with Crippen molar-refractivity contribution in [2.45, 2.75) is 122 Å². The Kier molecular flexibility index (Phi) is 14.7. The molecule has 0 N–H and O–H groups in total. The molecule has 0 saturated heterocycles. The third-order valence-electron chi connectivity index (χ3n) is 8.02. The molecule has 0 fully saturated rings. The van der Waals surface area contributed by atoms with Crippen LogP contribution in [0.15, 0.2) is 36.9 Å². The number of halogens is 3. The minimum atomic E-state index is -6.02. The van der Waals surface area contributed by atoms with Crippen molar-refractivity contribution in [2.24, 2.45) is 0 Å².